The normalized spacial score (nSPS) is 28.2. The fourth-order valence-corrected chi connectivity index (χ4v) is 2.52. The second-order valence-electron chi connectivity index (χ2n) is 5.49. The van der Waals surface area contributed by atoms with Gasteiger partial charge in [0.15, 0.2) is 0 Å². The van der Waals surface area contributed by atoms with Gasteiger partial charge in [0, 0.05) is 31.7 Å². The van der Waals surface area contributed by atoms with E-state index in [0.717, 1.165) is 12.8 Å². The van der Waals surface area contributed by atoms with E-state index in [0.29, 0.717) is 19.7 Å². The van der Waals surface area contributed by atoms with Crippen LogP contribution in [-0.2, 0) is 9.53 Å². The van der Waals surface area contributed by atoms with Gasteiger partial charge in [-0.1, -0.05) is 6.92 Å². The minimum Gasteiger partial charge on any atom is -0.481 e. The van der Waals surface area contributed by atoms with E-state index in [1.807, 2.05) is 6.92 Å². The van der Waals surface area contributed by atoms with Crippen LogP contribution in [0.5, 0.6) is 0 Å². The molecule has 108 valence electrons. The lowest BCUT2D eigenvalue weighted by Crippen LogP contribution is -2.59. The van der Waals surface area contributed by atoms with E-state index in [4.69, 9.17) is 9.84 Å². The standard InChI is InChI=1S/C13H22N2O4/c1-3-19-11-4-10(5-11)14-13(18)15-6-9(7-15)8(2)12(16)17/h8-11H,3-7H2,1-2H3,(H,14,18)(H,16,17). The molecule has 2 amide bonds. The number of carboxylic acids is 1. The van der Waals surface area contributed by atoms with Gasteiger partial charge in [-0.3, -0.25) is 4.79 Å². The number of amides is 2. The number of ether oxygens (including phenoxy) is 1. The van der Waals surface area contributed by atoms with Crippen LogP contribution >= 0.6 is 0 Å². The first-order chi connectivity index (χ1) is 9.01. The maximum atomic E-state index is 11.9. The zero-order valence-corrected chi connectivity index (χ0v) is 11.5. The molecule has 6 heteroatoms. The van der Waals surface area contributed by atoms with Crippen LogP contribution in [0.2, 0.25) is 0 Å². The molecular formula is C13H22N2O4. The van der Waals surface area contributed by atoms with Crippen molar-refractivity contribution in [2.24, 2.45) is 11.8 Å². The number of carboxylic acid groups (broad SMARTS) is 1. The Morgan fingerprint density at radius 3 is 2.58 bits per heavy atom. The van der Waals surface area contributed by atoms with Crippen molar-refractivity contribution in [2.45, 2.75) is 38.8 Å². The predicted molar refractivity (Wildman–Crippen MR) is 68.8 cm³/mol. The van der Waals surface area contributed by atoms with Crippen LogP contribution in [0.3, 0.4) is 0 Å². The second kappa shape index (κ2) is 5.77. The average molecular weight is 270 g/mol. The van der Waals surface area contributed by atoms with Crippen LogP contribution in [0.25, 0.3) is 0 Å². The summed E-state index contributed by atoms with van der Waals surface area (Å²) in [7, 11) is 0. The Balaban J connectivity index is 1.63. The Morgan fingerprint density at radius 2 is 2.05 bits per heavy atom. The molecule has 2 rings (SSSR count). The van der Waals surface area contributed by atoms with Gasteiger partial charge in [0.25, 0.3) is 0 Å². The number of hydrogen-bond donors (Lipinski definition) is 2. The molecule has 2 fully saturated rings. The van der Waals surface area contributed by atoms with Crippen molar-refractivity contribution < 1.29 is 19.4 Å². The lowest BCUT2D eigenvalue weighted by atomic mass is 9.87. The van der Waals surface area contributed by atoms with E-state index < -0.39 is 5.97 Å². The molecule has 19 heavy (non-hydrogen) atoms. The lowest BCUT2D eigenvalue weighted by molar-refractivity contribution is -0.144. The monoisotopic (exact) mass is 270 g/mol. The highest BCUT2D eigenvalue weighted by molar-refractivity contribution is 5.76. The van der Waals surface area contributed by atoms with E-state index in [9.17, 15) is 9.59 Å². The average Bonchev–Trinajstić information content (AvgIpc) is 2.23. The molecular weight excluding hydrogens is 248 g/mol. The molecule has 1 saturated carbocycles. The van der Waals surface area contributed by atoms with Crippen molar-refractivity contribution in [1.82, 2.24) is 10.2 Å². The number of likely N-dealkylation sites (tertiary alicyclic amines) is 1. The van der Waals surface area contributed by atoms with Gasteiger partial charge in [-0.15, -0.1) is 0 Å². The molecule has 2 N–H and O–H groups in total. The van der Waals surface area contributed by atoms with Gasteiger partial charge >= 0.3 is 12.0 Å². The number of carbonyl (C=O) groups is 2. The van der Waals surface area contributed by atoms with E-state index in [2.05, 4.69) is 5.32 Å². The van der Waals surface area contributed by atoms with Gasteiger partial charge < -0.3 is 20.1 Å². The summed E-state index contributed by atoms with van der Waals surface area (Å²) < 4.78 is 5.44. The van der Waals surface area contributed by atoms with Crippen molar-refractivity contribution in [3.05, 3.63) is 0 Å². The molecule has 0 bridgehead atoms. The van der Waals surface area contributed by atoms with Crippen LogP contribution in [0, 0.1) is 11.8 Å². The van der Waals surface area contributed by atoms with Crippen molar-refractivity contribution in [3.8, 4) is 0 Å². The van der Waals surface area contributed by atoms with Crippen molar-refractivity contribution in [1.29, 1.82) is 0 Å². The van der Waals surface area contributed by atoms with Crippen LogP contribution in [0.4, 0.5) is 4.79 Å². The summed E-state index contributed by atoms with van der Waals surface area (Å²) in [6.45, 7) is 5.46. The Morgan fingerprint density at radius 1 is 1.42 bits per heavy atom. The molecule has 6 nitrogen and oxygen atoms in total. The summed E-state index contributed by atoms with van der Waals surface area (Å²) >= 11 is 0. The molecule has 1 saturated heterocycles. The number of carbonyl (C=O) groups excluding carboxylic acids is 1. The summed E-state index contributed by atoms with van der Waals surface area (Å²) in [5.41, 5.74) is 0. The topological polar surface area (TPSA) is 78.9 Å². The second-order valence-corrected chi connectivity index (χ2v) is 5.49. The van der Waals surface area contributed by atoms with Crippen molar-refractivity contribution in [2.75, 3.05) is 19.7 Å². The molecule has 1 heterocycles. The Labute approximate surface area is 113 Å². The minimum atomic E-state index is -0.788. The zero-order valence-electron chi connectivity index (χ0n) is 11.5. The smallest absolute Gasteiger partial charge is 0.317 e. The first-order valence-electron chi connectivity index (χ1n) is 6.91. The Kier molecular flexibility index (Phi) is 4.29. The van der Waals surface area contributed by atoms with Gasteiger partial charge in [0.05, 0.1) is 12.0 Å². The van der Waals surface area contributed by atoms with Crippen LogP contribution in [0.1, 0.15) is 26.7 Å². The number of urea groups is 1. The summed E-state index contributed by atoms with van der Waals surface area (Å²) in [4.78, 5) is 24.3. The molecule has 1 aliphatic heterocycles. The van der Waals surface area contributed by atoms with E-state index in [1.165, 1.54) is 0 Å². The first-order valence-corrected chi connectivity index (χ1v) is 6.91. The highest BCUT2D eigenvalue weighted by atomic mass is 16.5. The fourth-order valence-electron chi connectivity index (χ4n) is 2.52. The molecule has 0 spiro atoms. The number of nitrogens with zero attached hydrogens (tertiary/aromatic N) is 1. The van der Waals surface area contributed by atoms with Crippen LogP contribution < -0.4 is 5.32 Å². The summed E-state index contributed by atoms with van der Waals surface area (Å²) in [6.07, 6.45) is 2.04. The third-order valence-corrected chi connectivity index (χ3v) is 4.12. The molecule has 2 aliphatic rings. The number of nitrogens with one attached hydrogen (secondary N) is 1. The van der Waals surface area contributed by atoms with Gasteiger partial charge in [-0.05, 0) is 19.8 Å². The van der Waals surface area contributed by atoms with Gasteiger partial charge in [0.1, 0.15) is 0 Å². The largest absolute Gasteiger partial charge is 0.481 e. The van der Waals surface area contributed by atoms with E-state index in [1.54, 1.807) is 11.8 Å². The quantitative estimate of drug-likeness (QED) is 0.778. The molecule has 0 aromatic rings. The molecule has 1 atom stereocenters. The van der Waals surface area contributed by atoms with Crippen LogP contribution in [0.15, 0.2) is 0 Å². The number of aliphatic carboxylic acids is 1. The number of hydrogen-bond acceptors (Lipinski definition) is 3. The summed E-state index contributed by atoms with van der Waals surface area (Å²) in [6, 6.07) is 0.133. The SMILES string of the molecule is CCOC1CC(NC(=O)N2CC(C(C)C(=O)O)C2)C1. The highest BCUT2D eigenvalue weighted by Crippen LogP contribution is 2.26. The maximum Gasteiger partial charge on any atom is 0.317 e. The van der Waals surface area contributed by atoms with Gasteiger partial charge in [0.2, 0.25) is 0 Å². The number of rotatable bonds is 5. The molecule has 0 aromatic heterocycles. The fraction of sp³-hybridized carbons (Fsp3) is 0.846. The zero-order chi connectivity index (χ0) is 14.0. The van der Waals surface area contributed by atoms with Gasteiger partial charge in [-0.2, -0.15) is 0 Å². The summed E-state index contributed by atoms with van der Waals surface area (Å²) in [5.74, 6) is -1.08. The minimum absolute atomic E-state index is 0.0752. The van der Waals surface area contributed by atoms with E-state index >= 15 is 0 Å². The third-order valence-electron chi connectivity index (χ3n) is 4.12. The molecule has 1 unspecified atom stereocenters. The molecule has 0 aromatic carbocycles. The maximum absolute atomic E-state index is 11.9. The third kappa shape index (κ3) is 3.18. The first kappa shape index (κ1) is 14.1. The molecule has 1 aliphatic carbocycles. The summed E-state index contributed by atoms with van der Waals surface area (Å²) in [5, 5.41) is 11.8. The van der Waals surface area contributed by atoms with Crippen LogP contribution in [-0.4, -0.2) is 53.8 Å². The lowest BCUT2D eigenvalue weighted by Gasteiger charge is -2.43. The van der Waals surface area contributed by atoms with Gasteiger partial charge in [-0.25, -0.2) is 4.79 Å². The van der Waals surface area contributed by atoms with Crippen molar-refractivity contribution in [3.63, 3.8) is 0 Å². The highest BCUT2D eigenvalue weighted by Gasteiger charge is 2.39. The Hall–Kier alpha value is -1.30. The van der Waals surface area contributed by atoms with Crippen molar-refractivity contribution >= 4 is 12.0 Å². The van der Waals surface area contributed by atoms with E-state index in [-0.39, 0.29) is 30.0 Å². The predicted octanol–water partition coefficient (Wildman–Crippen LogP) is 0.916. The Bertz CT molecular complexity index is 349. The molecule has 0 radical (unpaired) electrons.